The van der Waals surface area contributed by atoms with E-state index in [0.717, 1.165) is 18.9 Å². The molecular weight excluding hydrogens is 310 g/mol. The Morgan fingerprint density at radius 2 is 2.08 bits per heavy atom. The van der Waals surface area contributed by atoms with Gasteiger partial charge in [-0.3, -0.25) is 10.1 Å². The second kappa shape index (κ2) is 6.93. The Labute approximate surface area is 138 Å². The van der Waals surface area contributed by atoms with Crippen LogP contribution in [0.3, 0.4) is 0 Å². The summed E-state index contributed by atoms with van der Waals surface area (Å²) < 4.78 is 5.31. The molecule has 0 aliphatic carbocycles. The first-order valence-corrected chi connectivity index (χ1v) is 7.41. The third-order valence-corrected chi connectivity index (χ3v) is 3.69. The molecule has 0 atom stereocenters. The van der Waals surface area contributed by atoms with Gasteiger partial charge in [0.25, 0.3) is 5.69 Å². The van der Waals surface area contributed by atoms with E-state index >= 15 is 0 Å². The summed E-state index contributed by atoms with van der Waals surface area (Å²) in [6.45, 7) is 2.94. The molecule has 8 heteroatoms. The van der Waals surface area contributed by atoms with Crippen molar-refractivity contribution >= 4 is 22.9 Å². The molecule has 0 bridgehead atoms. The Bertz CT molecular complexity index is 779. The molecule has 8 nitrogen and oxygen atoms in total. The number of nitrogens with one attached hydrogen (secondary N) is 1. The predicted octanol–water partition coefficient (Wildman–Crippen LogP) is 2.44. The molecule has 0 unspecified atom stereocenters. The molecule has 1 aromatic carbocycles. The van der Waals surface area contributed by atoms with Crippen molar-refractivity contribution in [2.45, 2.75) is 0 Å². The first kappa shape index (κ1) is 15.7. The number of benzene rings is 1. The molecule has 1 N–H and O–H groups in total. The van der Waals surface area contributed by atoms with Crippen LogP contribution in [-0.2, 0) is 4.74 Å². The van der Waals surface area contributed by atoms with E-state index in [2.05, 4.69) is 15.2 Å². The number of rotatable bonds is 4. The van der Waals surface area contributed by atoms with Gasteiger partial charge in [-0.25, -0.2) is 4.98 Å². The average Bonchev–Trinajstić information content (AvgIpc) is 2.63. The van der Waals surface area contributed by atoms with E-state index in [-0.39, 0.29) is 11.3 Å². The maximum atomic E-state index is 11.2. The fourth-order valence-electron chi connectivity index (χ4n) is 2.45. The van der Waals surface area contributed by atoms with Gasteiger partial charge in [-0.15, -0.1) is 0 Å². The Balaban J connectivity index is 1.79. The van der Waals surface area contributed by atoms with Gasteiger partial charge in [0.1, 0.15) is 11.5 Å². The van der Waals surface area contributed by atoms with E-state index < -0.39 is 4.92 Å². The molecule has 1 saturated heterocycles. The van der Waals surface area contributed by atoms with Gasteiger partial charge in [-0.1, -0.05) is 0 Å². The van der Waals surface area contributed by atoms with Crippen molar-refractivity contribution in [2.24, 2.45) is 0 Å². The lowest BCUT2D eigenvalue weighted by Gasteiger charge is -2.27. The summed E-state index contributed by atoms with van der Waals surface area (Å²) >= 11 is 0. The Morgan fingerprint density at radius 3 is 2.71 bits per heavy atom. The zero-order chi connectivity index (χ0) is 16.9. The number of aromatic nitrogens is 1. The van der Waals surface area contributed by atoms with Crippen molar-refractivity contribution in [3.63, 3.8) is 0 Å². The van der Waals surface area contributed by atoms with E-state index in [1.54, 1.807) is 6.20 Å². The van der Waals surface area contributed by atoms with Gasteiger partial charge >= 0.3 is 0 Å². The quantitative estimate of drug-likeness (QED) is 0.680. The van der Waals surface area contributed by atoms with Crippen molar-refractivity contribution in [3.8, 4) is 6.07 Å². The molecule has 2 heterocycles. The van der Waals surface area contributed by atoms with Crippen LogP contribution in [0.2, 0.25) is 0 Å². The summed E-state index contributed by atoms with van der Waals surface area (Å²) in [4.78, 5) is 17.2. The molecule has 24 heavy (non-hydrogen) atoms. The minimum absolute atomic E-state index is 0.147. The Hall–Kier alpha value is -3.18. The van der Waals surface area contributed by atoms with Crippen LogP contribution in [0.15, 0.2) is 36.5 Å². The lowest BCUT2D eigenvalue weighted by atomic mass is 10.2. The molecule has 0 radical (unpaired) electrons. The van der Waals surface area contributed by atoms with Gasteiger partial charge in [-0.05, 0) is 24.3 Å². The lowest BCUT2D eigenvalue weighted by Crippen LogP contribution is -2.36. The highest BCUT2D eigenvalue weighted by Crippen LogP contribution is 2.28. The number of nitriles is 1. The van der Waals surface area contributed by atoms with E-state index in [0.29, 0.717) is 24.6 Å². The van der Waals surface area contributed by atoms with Crippen molar-refractivity contribution in [3.05, 3.63) is 52.2 Å². The van der Waals surface area contributed by atoms with E-state index in [1.807, 2.05) is 18.2 Å². The first-order chi connectivity index (χ1) is 11.7. The van der Waals surface area contributed by atoms with Gasteiger partial charge < -0.3 is 15.0 Å². The third-order valence-electron chi connectivity index (χ3n) is 3.69. The molecule has 0 spiro atoms. The van der Waals surface area contributed by atoms with E-state index in [4.69, 9.17) is 10.00 Å². The molecule has 1 fully saturated rings. The summed E-state index contributed by atoms with van der Waals surface area (Å²) in [7, 11) is 0. The van der Waals surface area contributed by atoms with Crippen molar-refractivity contribution in [1.82, 2.24) is 4.98 Å². The smallest absolute Gasteiger partial charge is 0.293 e. The van der Waals surface area contributed by atoms with Crippen LogP contribution in [-0.4, -0.2) is 36.2 Å². The van der Waals surface area contributed by atoms with Gasteiger partial charge in [0.15, 0.2) is 0 Å². The lowest BCUT2D eigenvalue weighted by molar-refractivity contribution is -0.383. The summed E-state index contributed by atoms with van der Waals surface area (Å²) in [5.74, 6) is 0.846. The molecule has 0 saturated carbocycles. The maximum Gasteiger partial charge on any atom is 0.293 e. The molecule has 2 aromatic rings. The summed E-state index contributed by atoms with van der Waals surface area (Å²) in [6, 6.07) is 9.88. The summed E-state index contributed by atoms with van der Waals surface area (Å²) in [5.41, 5.74) is 1.05. The highest BCUT2D eigenvalue weighted by Gasteiger charge is 2.16. The topological polar surface area (TPSA) is 104 Å². The van der Waals surface area contributed by atoms with Gasteiger partial charge in [0, 0.05) is 19.2 Å². The second-order valence-corrected chi connectivity index (χ2v) is 5.23. The molecular formula is C16H15N5O3. The SMILES string of the molecule is N#Cc1ccc(Nc2ccc(N3CCOCC3)nc2)c([N+](=O)[O-])c1. The van der Waals surface area contributed by atoms with Crippen LogP contribution < -0.4 is 10.2 Å². The van der Waals surface area contributed by atoms with Gasteiger partial charge in [-0.2, -0.15) is 5.26 Å². The highest BCUT2D eigenvalue weighted by atomic mass is 16.6. The first-order valence-electron chi connectivity index (χ1n) is 7.41. The Morgan fingerprint density at radius 1 is 1.29 bits per heavy atom. The average molecular weight is 325 g/mol. The standard InChI is InChI=1S/C16H15N5O3/c17-10-12-1-3-14(15(9-12)21(22)23)19-13-2-4-16(18-11-13)20-5-7-24-8-6-20/h1-4,9,11,19H,5-8H2. The minimum atomic E-state index is -0.515. The van der Waals surface area contributed by atoms with Crippen LogP contribution in [0.5, 0.6) is 0 Å². The number of ether oxygens (including phenoxy) is 1. The third kappa shape index (κ3) is 3.42. The zero-order valence-electron chi connectivity index (χ0n) is 12.8. The summed E-state index contributed by atoms with van der Waals surface area (Å²) in [5, 5.41) is 23.0. The maximum absolute atomic E-state index is 11.2. The fraction of sp³-hybridized carbons (Fsp3) is 0.250. The largest absolute Gasteiger partial charge is 0.378 e. The van der Waals surface area contributed by atoms with Crippen molar-refractivity contribution < 1.29 is 9.66 Å². The fourth-order valence-corrected chi connectivity index (χ4v) is 2.45. The van der Waals surface area contributed by atoms with Gasteiger partial charge in [0.2, 0.25) is 0 Å². The van der Waals surface area contributed by atoms with Gasteiger partial charge in [0.05, 0.1) is 41.7 Å². The molecule has 122 valence electrons. The van der Waals surface area contributed by atoms with E-state index in [9.17, 15) is 10.1 Å². The monoisotopic (exact) mass is 325 g/mol. The number of hydrogen-bond donors (Lipinski definition) is 1. The predicted molar refractivity (Wildman–Crippen MR) is 88.4 cm³/mol. The normalized spacial score (nSPS) is 14.0. The number of hydrogen-bond acceptors (Lipinski definition) is 7. The molecule has 0 amide bonds. The van der Waals surface area contributed by atoms with Crippen LogP contribution in [0, 0.1) is 21.4 Å². The zero-order valence-corrected chi connectivity index (χ0v) is 12.8. The number of nitro benzene ring substituents is 1. The van der Waals surface area contributed by atoms with Crippen molar-refractivity contribution in [1.29, 1.82) is 5.26 Å². The van der Waals surface area contributed by atoms with Crippen LogP contribution in [0.1, 0.15) is 5.56 Å². The molecule has 1 aromatic heterocycles. The van der Waals surface area contributed by atoms with Crippen molar-refractivity contribution in [2.75, 3.05) is 36.5 Å². The molecule has 1 aliphatic heterocycles. The minimum Gasteiger partial charge on any atom is -0.378 e. The van der Waals surface area contributed by atoms with Crippen LogP contribution >= 0.6 is 0 Å². The number of morpholine rings is 1. The number of nitrogens with zero attached hydrogens (tertiary/aromatic N) is 4. The van der Waals surface area contributed by atoms with Crippen LogP contribution in [0.25, 0.3) is 0 Å². The number of nitro groups is 1. The number of pyridine rings is 1. The molecule has 1 aliphatic rings. The van der Waals surface area contributed by atoms with Crippen LogP contribution in [0.4, 0.5) is 22.9 Å². The summed E-state index contributed by atoms with van der Waals surface area (Å²) in [6.07, 6.45) is 1.63. The van der Waals surface area contributed by atoms with E-state index in [1.165, 1.54) is 18.2 Å². The number of anilines is 3. The second-order valence-electron chi connectivity index (χ2n) is 5.23. The Kier molecular flexibility index (Phi) is 4.54. The molecule has 3 rings (SSSR count). The highest BCUT2D eigenvalue weighted by molar-refractivity contribution is 5.71.